The zero-order chi connectivity index (χ0) is 19.8. The minimum Gasteiger partial charge on any atom is -0.497 e. The van der Waals surface area contributed by atoms with Gasteiger partial charge >= 0.3 is 0 Å². The maximum Gasteiger partial charge on any atom is 0.254 e. The van der Waals surface area contributed by atoms with E-state index in [4.69, 9.17) is 9.47 Å². The van der Waals surface area contributed by atoms with Crippen molar-refractivity contribution in [3.63, 3.8) is 0 Å². The number of carbonyl (C=O) groups excluding carboxylic acids is 1. The summed E-state index contributed by atoms with van der Waals surface area (Å²) in [5, 5.41) is 10.7. The highest BCUT2D eigenvalue weighted by Crippen LogP contribution is 2.35. The number of fused-ring (bicyclic) bond motifs is 3. The molecule has 4 aromatic rings. The van der Waals surface area contributed by atoms with Gasteiger partial charge in [-0.25, -0.2) is 0 Å². The molecule has 0 fully saturated rings. The number of aromatic amines is 1. The quantitative estimate of drug-likeness (QED) is 0.565. The molecule has 0 spiro atoms. The Morgan fingerprint density at radius 3 is 2.62 bits per heavy atom. The number of aromatic nitrogens is 3. The molecule has 7 nitrogen and oxygen atoms in total. The van der Waals surface area contributed by atoms with Crippen LogP contribution in [0.4, 0.5) is 0 Å². The fourth-order valence-electron chi connectivity index (χ4n) is 3.51. The molecule has 0 bridgehead atoms. The molecule has 7 heteroatoms. The maximum absolute atomic E-state index is 13.4. The maximum atomic E-state index is 13.4. The van der Waals surface area contributed by atoms with Gasteiger partial charge in [-0.1, -0.05) is 18.2 Å². The Morgan fingerprint density at radius 1 is 0.966 bits per heavy atom. The number of nitrogens with one attached hydrogen (secondary N) is 1. The monoisotopic (exact) mass is 386 g/mol. The highest BCUT2D eigenvalue weighted by atomic mass is 16.5. The van der Waals surface area contributed by atoms with Crippen LogP contribution in [0.3, 0.4) is 0 Å². The topological polar surface area (TPSA) is 80.3 Å². The van der Waals surface area contributed by atoms with Gasteiger partial charge in [0, 0.05) is 22.8 Å². The summed E-state index contributed by atoms with van der Waals surface area (Å²) < 4.78 is 11.5. The summed E-state index contributed by atoms with van der Waals surface area (Å²) >= 11 is 0. The Labute approximate surface area is 166 Å². The molecule has 144 valence electrons. The van der Waals surface area contributed by atoms with Crippen LogP contribution in [0.25, 0.3) is 11.0 Å². The van der Waals surface area contributed by atoms with Gasteiger partial charge in [0.1, 0.15) is 28.3 Å². The van der Waals surface area contributed by atoms with E-state index in [0.29, 0.717) is 35.7 Å². The number of rotatable bonds is 2. The van der Waals surface area contributed by atoms with Crippen molar-refractivity contribution in [3.8, 4) is 17.2 Å². The Hall–Kier alpha value is -3.87. The van der Waals surface area contributed by atoms with Gasteiger partial charge < -0.3 is 14.4 Å². The largest absolute Gasteiger partial charge is 0.497 e. The third kappa shape index (κ3) is 3.16. The average Bonchev–Trinajstić information content (AvgIpc) is 3.21. The summed E-state index contributed by atoms with van der Waals surface area (Å²) in [5.41, 5.74) is 3.82. The predicted molar refractivity (Wildman–Crippen MR) is 107 cm³/mol. The smallest absolute Gasteiger partial charge is 0.254 e. The first-order chi connectivity index (χ1) is 14.2. The van der Waals surface area contributed by atoms with Crippen LogP contribution in [0.1, 0.15) is 21.5 Å². The van der Waals surface area contributed by atoms with Gasteiger partial charge in [-0.05, 0) is 36.4 Å². The zero-order valence-electron chi connectivity index (χ0n) is 15.8. The SMILES string of the molecule is COc1ccc2c(c1)Oc1ccccc1CN(C(=O)c1ccc3n[nH]nc3c1)C2. The van der Waals surface area contributed by atoms with Crippen molar-refractivity contribution < 1.29 is 14.3 Å². The number of hydrogen-bond donors (Lipinski definition) is 1. The first-order valence-corrected chi connectivity index (χ1v) is 9.24. The van der Waals surface area contributed by atoms with E-state index >= 15 is 0 Å². The lowest BCUT2D eigenvalue weighted by Gasteiger charge is -2.28. The molecule has 0 saturated carbocycles. The van der Waals surface area contributed by atoms with Gasteiger partial charge in [0.15, 0.2) is 0 Å². The second-order valence-electron chi connectivity index (χ2n) is 6.87. The molecule has 3 aromatic carbocycles. The minimum atomic E-state index is -0.0756. The van der Waals surface area contributed by atoms with Gasteiger partial charge in [-0.2, -0.15) is 15.4 Å². The summed E-state index contributed by atoms with van der Waals surface area (Å²) in [4.78, 5) is 15.2. The molecule has 2 heterocycles. The van der Waals surface area contributed by atoms with E-state index in [2.05, 4.69) is 15.4 Å². The molecule has 0 aliphatic carbocycles. The van der Waals surface area contributed by atoms with Crippen molar-refractivity contribution in [3.05, 3.63) is 77.4 Å². The lowest BCUT2D eigenvalue weighted by molar-refractivity contribution is 0.0725. The molecular formula is C22H18N4O3. The van der Waals surface area contributed by atoms with E-state index in [0.717, 1.165) is 22.4 Å². The molecule has 1 N–H and O–H groups in total. The number of nitrogens with zero attached hydrogens (tertiary/aromatic N) is 3. The number of amides is 1. The molecule has 1 aromatic heterocycles. The average molecular weight is 386 g/mol. The summed E-state index contributed by atoms with van der Waals surface area (Å²) in [6.07, 6.45) is 0. The van der Waals surface area contributed by atoms with Crippen LogP contribution >= 0.6 is 0 Å². The fourth-order valence-corrected chi connectivity index (χ4v) is 3.51. The first-order valence-electron chi connectivity index (χ1n) is 9.24. The van der Waals surface area contributed by atoms with Gasteiger partial charge in [0.25, 0.3) is 5.91 Å². The normalized spacial score (nSPS) is 13.1. The number of hydrogen-bond acceptors (Lipinski definition) is 5. The molecule has 1 amide bonds. The molecule has 5 rings (SSSR count). The summed E-state index contributed by atoms with van der Waals surface area (Å²) in [6, 6.07) is 18.7. The lowest BCUT2D eigenvalue weighted by Crippen LogP contribution is -2.31. The van der Waals surface area contributed by atoms with Gasteiger partial charge in [-0.3, -0.25) is 4.79 Å². The lowest BCUT2D eigenvalue weighted by atomic mass is 10.1. The second kappa shape index (κ2) is 6.94. The van der Waals surface area contributed by atoms with Crippen molar-refractivity contribution in [2.24, 2.45) is 0 Å². The third-order valence-corrected chi connectivity index (χ3v) is 5.04. The minimum absolute atomic E-state index is 0.0756. The first kappa shape index (κ1) is 17.2. The summed E-state index contributed by atoms with van der Waals surface area (Å²) in [5.74, 6) is 2.04. The Bertz CT molecular complexity index is 1220. The van der Waals surface area contributed by atoms with Crippen molar-refractivity contribution in [1.29, 1.82) is 0 Å². The van der Waals surface area contributed by atoms with Crippen LogP contribution in [0.2, 0.25) is 0 Å². The highest BCUT2D eigenvalue weighted by molar-refractivity contribution is 5.97. The number of H-pyrrole nitrogens is 1. The number of methoxy groups -OCH3 is 1. The van der Waals surface area contributed by atoms with E-state index in [1.165, 1.54) is 0 Å². The van der Waals surface area contributed by atoms with Crippen LogP contribution < -0.4 is 9.47 Å². The third-order valence-electron chi connectivity index (χ3n) is 5.04. The molecule has 0 atom stereocenters. The molecule has 0 saturated heterocycles. The Morgan fingerprint density at radius 2 is 1.76 bits per heavy atom. The summed E-state index contributed by atoms with van der Waals surface area (Å²) in [6.45, 7) is 0.862. The van der Waals surface area contributed by atoms with Crippen LogP contribution in [0.15, 0.2) is 60.7 Å². The van der Waals surface area contributed by atoms with E-state index < -0.39 is 0 Å². The molecule has 0 radical (unpaired) electrons. The molecule has 29 heavy (non-hydrogen) atoms. The second-order valence-corrected chi connectivity index (χ2v) is 6.87. The fraction of sp³-hybridized carbons (Fsp3) is 0.136. The van der Waals surface area contributed by atoms with E-state index in [1.54, 1.807) is 25.3 Å². The van der Waals surface area contributed by atoms with Crippen molar-refractivity contribution in [2.45, 2.75) is 13.1 Å². The van der Waals surface area contributed by atoms with Crippen LogP contribution in [0, 0.1) is 0 Å². The van der Waals surface area contributed by atoms with Crippen LogP contribution in [-0.2, 0) is 13.1 Å². The molecule has 0 unspecified atom stereocenters. The standard InChI is InChI=1S/C22H18N4O3/c1-28-17-8-6-16-13-26(12-15-4-2-3-5-20(15)29-21(16)11-17)22(27)14-7-9-18-19(10-14)24-25-23-18/h2-11H,12-13H2,1H3,(H,23,24,25). The number of ether oxygens (including phenoxy) is 2. The van der Waals surface area contributed by atoms with Gasteiger partial charge in [0.2, 0.25) is 0 Å². The van der Waals surface area contributed by atoms with E-state index in [1.807, 2.05) is 47.4 Å². The van der Waals surface area contributed by atoms with E-state index in [9.17, 15) is 4.79 Å². The number of benzene rings is 3. The van der Waals surface area contributed by atoms with Crippen molar-refractivity contribution >= 4 is 16.9 Å². The van der Waals surface area contributed by atoms with Crippen LogP contribution in [-0.4, -0.2) is 33.3 Å². The predicted octanol–water partition coefficient (Wildman–Crippen LogP) is 3.91. The van der Waals surface area contributed by atoms with Crippen LogP contribution in [0.5, 0.6) is 17.2 Å². The zero-order valence-corrected chi connectivity index (χ0v) is 15.8. The van der Waals surface area contributed by atoms with Gasteiger partial charge in [-0.15, -0.1) is 0 Å². The Kier molecular flexibility index (Phi) is 4.13. The number of para-hydroxylation sites is 1. The van der Waals surface area contributed by atoms with Crippen molar-refractivity contribution in [1.82, 2.24) is 20.3 Å². The highest BCUT2D eigenvalue weighted by Gasteiger charge is 2.23. The Balaban J connectivity index is 1.57. The van der Waals surface area contributed by atoms with E-state index in [-0.39, 0.29) is 5.91 Å². The molecule has 1 aliphatic rings. The molecule has 1 aliphatic heterocycles. The molecular weight excluding hydrogens is 368 g/mol. The van der Waals surface area contributed by atoms with Gasteiger partial charge in [0.05, 0.1) is 20.2 Å². The number of carbonyl (C=O) groups is 1. The van der Waals surface area contributed by atoms with Crippen molar-refractivity contribution in [2.75, 3.05) is 7.11 Å². The summed E-state index contributed by atoms with van der Waals surface area (Å²) in [7, 11) is 1.62.